The second kappa shape index (κ2) is 8.80. The molecule has 5 nitrogen and oxygen atoms in total. The van der Waals surface area contributed by atoms with E-state index in [4.69, 9.17) is 35.4 Å². The van der Waals surface area contributed by atoms with Crippen LogP contribution in [0, 0.1) is 0 Å². The molecule has 3 N–H and O–H groups in total. The lowest BCUT2D eigenvalue weighted by Gasteiger charge is -2.11. The van der Waals surface area contributed by atoms with Crippen molar-refractivity contribution in [3.05, 3.63) is 58.1 Å². The first-order chi connectivity index (χ1) is 11.9. The van der Waals surface area contributed by atoms with Gasteiger partial charge in [-0.05, 0) is 48.6 Å². The molecule has 2 aromatic carbocycles. The maximum absolute atomic E-state index is 12.2. The number of hydrogen-bond donors (Lipinski definition) is 3. The number of hydrogen-bond acceptors (Lipinski definition) is 3. The third-order valence-corrected chi connectivity index (χ3v) is 4.08. The first-order valence-electron chi connectivity index (χ1n) is 7.36. The molecule has 0 heterocycles. The van der Waals surface area contributed by atoms with Crippen molar-refractivity contribution in [2.24, 2.45) is 0 Å². The van der Waals surface area contributed by atoms with E-state index in [0.717, 1.165) is 0 Å². The highest BCUT2D eigenvalue weighted by atomic mass is 35.5. The van der Waals surface area contributed by atoms with Gasteiger partial charge in [0.1, 0.15) is 0 Å². The number of anilines is 2. The lowest BCUT2D eigenvalue weighted by molar-refractivity contribution is -0.115. The Hall–Kier alpha value is -2.15. The van der Waals surface area contributed by atoms with E-state index in [1.54, 1.807) is 37.3 Å². The van der Waals surface area contributed by atoms with Gasteiger partial charge in [0, 0.05) is 23.4 Å². The molecule has 0 aliphatic heterocycles. The summed E-state index contributed by atoms with van der Waals surface area (Å²) in [5.41, 5.74) is 1.60. The van der Waals surface area contributed by atoms with Gasteiger partial charge in [-0.1, -0.05) is 36.2 Å². The Morgan fingerprint density at radius 3 is 2.32 bits per heavy atom. The minimum atomic E-state index is -0.411. The largest absolute Gasteiger partial charge is 0.332 e. The number of nitrogens with one attached hydrogen (secondary N) is 3. The van der Waals surface area contributed by atoms with E-state index in [1.807, 2.05) is 0 Å². The fraction of sp³-hybridized carbons (Fsp3) is 0.118. The van der Waals surface area contributed by atoms with Crippen LogP contribution in [0.25, 0.3) is 0 Å². The summed E-state index contributed by atoms with van der Waals surface area (Å²) in [6.07, 6.45) is 0.385. The van der Waals surface area contributed by atoms with E-state index in [0.29, 0.717) is 28.4 Å². The Kier molecular flexibility index (Phi) is 6.75. The fourth-order valence-electron chi connectivity index (χ4n) is 1.90. The molecule has 0 aliphatic carbocycles. The molecule has 0 unspecified atom stereocenters. The quantitative estimate of drug-likeness (QED) is 0.667. The van der Waals surface area contributed by atoms with E-state index >= 15 is 0 Å². The normalized spacial score (nSPS) is 10.0. The third kappa shape index (κ3) is 5.70. The Morgan fingerprint density at radius 2 is 1.68 bits per heavy atom. The van der Waals surface area contributed by atoms with Crippen molar-refractivity contribution in [1.29, 1.82) is 0 Å². The van der Waals surface area contributed by atoms with Gasteiger partial charge in [0.05, 0.1) is 10.0 Å². The van der Waals surface area contributed by atoms with Crippen LogP contribution in [-0.4, -0.2) is 16.9 Å². The third-order valence-electron chi connectivity index (χ3n) is 3.13. The number of benzene rings is 2. The lowest BCUT2D eigenvalue weighted by atomic mass is 10.2. The highest BCUT2D eigenvalue weighted by Gasteiger charge is 2.10. The van der Waals surface area contributed by atoms with Crippen LogP contribution in [0.2, 0.25) is 10.0 Å². The highest BCUT2D eigenvalue weighted by molar-refractivity contribution is 7.80. The molecule has 0 aliphatic rings. The van der Waals surface area contributed by atoms with E-state index < -0.39 is 5.91 Å². The van der Waals surface area contributed by atoms with Crippen LogP contribution < -0.4 is 16.0 Å². The number of carbonyl (C=O) groups excluding carboxylic acids is 2. The van der Waals surface area contributed by atoms with Crippen LogP contribution >= 0.6 is 35.4 Å². The standard InChI is InChI=1S/C17H15Cl2N3O2S/c1-2-15(23)20-11-4-3-5-12(9-11)21-17(25)22-16(24)10-6-7-13(18)14(19)8-10/h3-9H,2H2,1H3,(H,20,23)(H2,21,22,24,25). The van der Waals surface area contributed by atoms with Crippen LogP contribution in [-0.2, 0) is 4.79 Å². The highest BCUT2D eigenvalue weighted by Crippen LogP contribution is 2.22. The number of halogens is 2. The van der Waals surface area contributed by atoms with Gasteiger partial charge in [0.25, 0.3) is 5.91 Å². The van der Waals surface area contributed by atoms with Crippen LogP contribution in [0.15, 0.2) is 42.5 Å². The van der Waals surface area contributed by atoms with E-state index in [9.17, 15) is 9.59 Å². The minimum Gasteiger partial charge on any atom is -0.332 e. The Balaban J connectivity index is 1.99. The van der Waals surface area contributed by atoms with Crippen molar-refractivity contribution in [3.63, 3.8) is 0 Å². The molecule has 0 bridgehead atoms. The Bertz CT molecular complexity index is 827. The molecular formula is C17H15Cl2N3O2S. The average Bonchev–Trinajstić information content (AvgIpc) is 2.57. The summed E-state index contributed by atoms with van der Waals surface area (Å²) in [4.78, 5) is 23.6. The molecule has 0 radical (unpaired) electrons. The number of rotatable bonds is 4. The smallest absolute Gasteiger partial charge is 0.257 e. The number of carbonyl (C=O) groups is 2. The van der Waals surface area contributed by atoms with Crippen LogP contribution in [0.3, 0.4) is 0 Å². The zero-order valence-electron chi connectivity index (χ0n) is 13.2. The first-order valence-corrected chi connectivity index (χ1v) is 8.52. The van der Waals surface area contributed by atoms with Crippen LogP contribution in [0.1, 0.15) is 23.7 Å². The average molecular weight is 396 g/mol. The van der Waals surface area contributed by atoms with Gasteiger partial charge >= 0.3 is 0 Å². The van der Waals surface area contributed by atoms with Crippen molar-refractivity contribution in [2.45, 2.75) is 13.3 Å². The summed E-state index contributed by atoms with van der Waals surface area (Å²) >= 11 is 16.9. The molecule has 130 valence electrons. The zero-order chi connectivity index (χ0) is 18.4. The van der Waals surface area contributed by atoms with Crippen molar-refractivity contribution in [1.82, 2.24) is 5.32 Å². The minimum absolute atomic E-state index is 0.0901. The van der Waals surface area contributed by atoms with Crippen molar-refractivity contribution < 1.29 is 9.59 Å². The topological polar surface area (TPSA) is 70.2 Å². The molecule has 0 saturated heterocycles. The van der Waals surface area contributed by atoms with Crippen molar-refractivity contribution >= 4 is 63.7 Å². The molecule has 0 atom stereocenters. The Labute approximate surface area is 160 Å². The molecule has 2 amide bonds. The molecule has 8 heteroatoms. The maximum atomic E-state index is 12.2. The number of thiocarbonyl (C=S) groups is 1. The van der Waals surface area contributed by atoms with Gasteiger partial charge in [0.15, 0.2) is 5.11 Å². The summed E-state index contributed by atoms with van der Waals surface area (Å²) in [7, 11) is 0. The maximum Gasteiger partial charge on any atom is 0.257 e. The van der Waals surface area contributed by atoms with E-state index in [-0.39, 0.29) is 16.0 Å². The molecule has 2 aromatic rings. The van der Waals surface area contributed by atoms with Gasteiger partial charge in [0.2, 0.25) is 5.91 Å². The van der Waals surface area contributed by atoms with Gasteiger partial charge in [-0.15, -0.1) is 0 Å². The summed E-state index contributed by atoms with van der Waals surface area (Å²) in [6.45, 7) is 1.77. The van der Waals surface area contributed by atoms with Crippen LogP contribution in [0.5, 0.6) is 0 Å². The summed E-state index contributed by atoms with van der Waals surface area (Å²) < 4.78 is 0. The van der Waals surface area contributed by atoms with Crippen LogP contribution in [0.4, 0.5) is 11.4 Å². The molecule has 25 heavy (non-hydrogen) atoms. The van der Waals surface area contributed by atoms with E-state index in [1.165, 1.54) is 12.1 Å². The second-order valence-electron chi connectivity index (χ2n) is 5.02. The zero-order valence-corrected chi connectivity index (χ0v) is 15.6. The summed E-state index contributed by atoms with van der Waals surface area (Å²) in [5, 5.41) is 8.96. The molecule has 2 rings (SSSR count). The summed E-state index contributed by atoms with van der Waals surface area (Å²) in [5.74, 6) is -0.501. The van der Waals surface area contributed by atoms with Crippen molar-refractivity contribution in [3.8, 4) is 0 Å². The van der Waals surface area contributed by atoms with E-state index in [2.05, 4.69) is 16.0 Å². The second-order valence-corrected chi connectivity index (χ2v) is 6.24. The SMILES string of the molecule is CCC(=O)Nc1cccc(NC(=S)NC(=O)c2ccc(Cl)c(Cl)c2)c1. The predicted molar refractivity (Wildman–Crippen MR) is 106 cm³/mol. The lowest BCUT2D eigenvalue weighted by Crippen LogP contribution is -2.34. The van der Waals surface area contributed by atoms with Gasteiger partial charge in [-0.25, -0.2) is 0 Å². The number of amides is 2. The Morgan fingerprint density at radius 1 is 1.00 bits per heavy atom. The molecule has 0 fully saturated rings. The molecule has 0 aromatic heterocycles. The fourth-order valence-corrected chi connectivity index (χ4v) is 2.41. The predicted octanol–water partition coefficient (Wildman–Crippen LogP) is 4.47. The first kappa shape index (κ1) is 19.2. The molecule has 0 saturated carbocycles. The monoisotopic (exact) mass is 395 g/mol. The molecular weight excluding hydrogens is 381 g/mol. The van der Waals surface area contributed by atoms with Gasteiger partial charge < -0.3 is 10.6 Å². The van der Waals surface area contributed by atoms with Crippen molar-refractivity contribution in [2.75, 3.05) is 10.6 Å². The summed E-state index contributed by atoms with van der Waals surface area (Å²) in [6, 6.07) is 11.5. The van der Waals surface area contributed by atoms with Gasteiger partial charge in [-0.3, -0.25) is 14.9 Å². The molecule has 0 spiro atoms. The van der Waals surface area contributed by atoms with Gasteiger partial charge in [-0.2, -0.15) is 0 Å².